The van der Waals surface area contributed by atoms with Gasteiger partial charge in [0, 0.05) is 27.4 Å². The fraction of sp³-hybridized carbons (Fsp3) is 0.857. The average molecular weight is 398 g/mol. The largest absolute Gasteiger partial charge is 0.443 e. The van der Waals surface area contributed by atoms with Crippen molar-refractivity contribution in [3.8, 4) is 0 Å². The van der Waals surface area contributed by atoms with Crippen LogP contribution >= 0.6 is 0 Å². The van der Waals surface area contributed by atoms with E-state index in [2.05, 4.69) is 32.2 Å². The van der Waals surface area contributed by atoms with Crippen LogP contribution in [0.4, 0.5) is 4.79 Å². The third kappa shape index (κ3) is 4.53. The molecule has 3 fully saturated rings. The molecule has 2 aliphatic heterocycles. The monoisotopic (exact) mass is 397 g/mol. The number of methoxy groups -OCH3 is 2. The molecular formula is C21H35NO6. The number of alkyl carbamates (subject to hydrolysis) is 1. The Morgan fingerprint density at radius 3 is 2.68 bits per heavy atom. The molecular weight excluding hydrogens is 362 g/mol. The zero-order valence-corrected chi connectivity index (χ0v) is 17.8. The van der Waals surface area contributed by atoms with Crippen LogP contribution in [0.15, 0.2) is 11.6 Å². The maximum Gasteiger partial charge on any atom is 0.407 e. The molecule has 0 aromatic rings. The zero-order chi connectivity index (χ0) is 20.4. The maximum atomic E-state index is 12.2. The van der Waals surface area contributed by atoms with E-state index in [0.717, 1.165) is 32.3 Å². The van der Waals surface area contributed by atoms with Gasteiger partial charge in [-0.3, -0.25) is 0 Å². The molecule has 0 aromatic carbocycles. The average Bonchev–Trinajstić information content (AvgIpc) is 3.56. The molecule has 1 N–H and O–H groups in total. The molecule has 0 aromatic heterocycles. The lowest BCUT2D eigenvalue weighted by Crippen LogP contribution is -2.56. The fourth-order valence-electron chi connectivity index (χ4n) is 4.66. The number of carbonyl (C=O) groups is 1. The number of rotatable bonds is 9. The topological polar surface area (TPSA) is 81.9 Å². The number of amides is 1. The first-order valence-electron chi connectivity index (χ1n) is 10.3. The quantitative estimate of drug-likeness (QED) is 0.366. The third-order valence-electron chi connectivity index (χ3n) is 6.29. The first-order chi connectivity index (χ1) is 13.4. The summed E-state index contributed by atoms with van der Waals surface area (Å²) >= 11 is 0. The van der Waals surface area contributed by atoms with Gasteiger partial charge in [0.25, 0.3) is 0 Å². The maximum absolute atomic E-state index is 12.2. The van der Waals surface area contributed by atoms with Crippen molar-refractivity contribution >= 4 is 6.09 Å². The Morgan fingerprint density at radius 1 is 1.32 bits per heavy atom. The highest BCUT2D eigenvalue weighted by atomic mass is 16.6. The van der Waals surface area contributed by atoms with E-state index in [0.29, 0.717) is 13.2 Å². The van der Waals surface area contributed by atoms with Gasteiger partial charge in [0.2, 0.25) is 0 Å². The molecule has 7 heteroatoms. The van der Waals surface area contributed by atoms with Crippen molar-refractivity contribution < 1.29 is 28.5 Å². The molecule has 3 aliphatic rings. The van der Waals surface area contributed by atoms with E-state index in [1.54, 1.807) is 14.2 Å². The normalized spacial score (nSPS) is 38.8. The number of ether oxygens (including phenoxy) is 5. The third-order valence-corrected chi connectivity index (χ3v) is 6.29. The van der Waals surface area contributed by atoms with Crippen LogP contribution < -0.4 is 5.32 Å². The lowest BCUT2D eigenvalue weighted by atomic mass is 9.68. The van der Waals surface area contributed by atoms with Gasteiger partial charge in [-0.2, -0.15) is 0 Å². The van der Waals surface area contributed by atoms with E-state index in [9.17, 15) is 4.79 Å². The molecule has 3 rings (SSSR count). The van der Waals surface area contributed by atoms with Crippen molar-refractivity contribution in [1.29, 1.82) is 0 Å². The van der Waals surface area contributed by atoms with Crippen LogP contribution in [0, 0.1) is 5.92 Å². The van der Waals surface area contributed by atoms with Gasteiger partial charge < -0.3 is 29.0 Å². The van der Waals surface area contributed by atoms with Crippen molar-refractivity contribution in [2.24, 2.45) is 5.92 Å². The van der Waals surface area contributed by atoms with Gasteiger partial charge in [-0.25, -0.2) is 4.79 Å². The van der Waals surface area contributed by atoms with Crippen LogP contribution in [0.1, 0.15) is 46.5 Å². The highest BCUT2D eigenvalue weighted by Crippen LogP contribution is 2.59. The zero-order valence-electron chi connectivity index (χ0n) is 17.8. The van der Waals surface area contributed by atoms with Crippen molar-refractivity contribution in [2.45, 2.75) is 76.0 Å². The van der Waals surface area contributed by atoms with Gasteiger partial charge >= 0.3 is 6.09 Å². The lowest BCUT2D eigenvalue weighted by molar-refractivity contribution is -0.118. The number of hydrogen-bond acceptors (Lipinski definition) is 6. The molecule has 160 valence electrons. The SMILES string of the molecule is COCCCNC(=O)OC1CCC2(CO2)C(C2(C)OC2CC=C(C)C)C1OC. The van der Waals surface area contributed by atoms with Crippen LogP contribution in [0.3, 0.4) is 0 Å². The molecule has 1 amide bonds. The summed E-state index contributed by atoms with van der Waals surface area (Å²) in [5, 5.41) is 2.79. The molecule has 1 saturated carbocycles. The summed E-state index contributed by atoms with van der Waals surface area (Å²) in [7, 11) is 3.33. The van der Waals surface area contributed by atoms with Crippen LogP contribution in [0.2, 0.25) is 0 Å². The second-order valence-corrected chi connectivity index (χ2v) is 8.59. The standard InChI is InChI=1S/C21H35NO6/c1-14(2)7-8-16-20(3,28-16)18-17(25-5)15(9-10-21(18)13-26-21)27-19(23)22-11-6-12-24-4/h7,15-18H,6,8-13H2,1-5H3,(H,22,23). The Kier molecular flexibility index (Phi) is 6.69. The number of allylic oxidation sites excluding steroid dienone is 1. The molecule has 1 spiro atoms. The number of carbonyl (C=O) groups excluding carboxylic acids is 1. The van der Waals surface area contributed by atoms with E-state index >= 15 is 0 Å². The van der Waals surface area contributed by atoms with Crippen molar-refractivity contribution in [3.05, 3.63) is 11.6 Å². The minimum absolute atomic E-state index is 0.0422. The summed E-state index contributed by atoms with van der Waals surface area (Å²) in [4.78, 5) is 12.2. The highest BCUT2D eigenvalue weighted by Gasteiger charge is 2.72. The summed E-state index contributed by atoms with van der Waals surface area (Å²) in [6.45, 7) is 8.19. The summed E-state index contributed by atoms with van der Waals surface area (Å²) in [5.74, 6) is 0.0422. The van der Waals surface area contributed by atoms with Crippen LogP contribution in [0.25, 0.3) is 0 Å². The van der Waals surface area contributed by atoms with Crippen LogP contribution in [0.5, 0.6) is 0 Å². The molecule has 1 aliphatic carbocycles. The van der Waals surface area contributed by atoms with Gasteiger partial charge in [0.1, 0.15) is 23.4 Å². The second kappa shape index (κ2) is 8.69. The van der Waals surface area contributed by atoms with Gasteiger partial charge in [0.05, 0.1) is 18.6 Å². The molecule has 0 radical (unpaired) electrons. The van der Waals surface area contributed by atoms with E-state index in [1.165, 1.54) is 5.57 Å². The van der Waals surface area contributed by atoms with Gasteiger partial charge in [0.15, 0.2) is 0 Å². The van der Waals surface area contributed by atoms with Gasteiger partial charge in [-0.05, 0) is 46.5 Å². The van der Waals surface area contributed by atoms with E-state index in [1.807, 2.05) is 0 Å². The minimum Gasteiger partial charge on any atom is -0.443 e. The van der Waals surface area contributed by atoms with Gasteiger partial charge in [-0.15, -0.1) is 0 Å². The van der Waals surface area contributed by atoms with Crippen molar-refractivity contribution in [2.75, 3.05) is 34.0 Å². The summed E-state index contributed by atoms with van der Waals surface area (Å²) < 4.78 is 28.7. The van der Waals surface area contributed by atoms with Crippen LogP contribution in [-0.2, 0) is 23.7 Å². The summed E-state index contributed by atoms with van der Waals surface area (Å²) in [6, 6.07) is 0. The fourth-order valence-corrected chi connectivity index (χ4v) is 4.66. The van der Waals surface area contributed by atoms with Crippen molar-refractivity contribution in [3.63, 3.8) is 0 Å². The first-order valence-corrected chi connectivity index (χ1v) is 10.3. The predicted octanol–water partition coefficient (Wildman–Crippen LogP) is 2.83. The van der Waals surface area contributed by atoms with Gasteiger partial charge in [-0.1, -0.05) is 11.6 Å². The molecule has 0 bridgehead atoms. The molecule has 6 unspecified atom stereocenters. The lowest BCUT2D eigenvalue weighted by Gasteiger charge is -2.42. The Hall–Kier alpha value is -1.15. The molecule has 7 nitrogen and oxygen atoms in total. The first kappa shape index (κ1) is 21.6. The Morgan fingerprint density at radius 2 is 2.07 bits per heavy atom. The number of epoxide rings is 2. The van der Waals surface area contributed by atoms with Crippen molar-refractivity contribution in [1.82, 2.24) is 5.32 Å². The summed E-state index contributed by atoms with van der Waals surface area (Å²) in [5.41, 5.74) is 0.762. The highest BCUT2D eigenvalue weighted by molar-refractivity contribution is 5.67. The number of hydrogen-bond donors (Lipinski definition) is 1. The van der Waals surface area contributed by atoms with Crippen LogP contribution in [-0.4, -0.2) is 69.6 Å². The summed E-state index contributed by atoms with van der Waals surface area (Å²) in [6.07, 6.45) is 4.62. The Balaban J connectivity index is 1.64. The molecule has 28 heavy (non-hydrogen) atoms. The number of nitrogens with one attached hydrogen (secondary N) is 1. The van der Waals surface area contributed by atoms with E-state index in [4.69, 9.17) is 23.7 Å². The second-order valence-electron chi connectivity index (χ2n) is 8.59. The van der Waals surface area contributed by atoms with E-state index in [-0.39, 0.29) is 35.4 Å². The Bertz CT molecular complexity index is 585. The smallest absolute Gasteiger partial charge is 0.407 e. The molecule has 2 heterocycles. The minimum atomic E-state index is -0.405. The molecule has 2 saturated heterocycles. The molecule has 6 atom stereocenters. The van der Waals surface area contributed by atoms with E-state index < -0.39 is 6.09 Å². The Labute approximate surface area is 168 Å². The predicted molar refractivity (Wildman–Crippen MR) is 104 cm³/mol.